The minimum absolute atomic E-state index is 0.0350. The molecule has 24 heavy (non-hydrogen) atoms. The van der Waals surface area contributed by atoms with Gasteiger partial charge < -0.3 is 10.6 Å². The summed E-state index contributed by atoms with van der Waals surface area (Å²) in [6.07, 6.45) is 1.69. The van der Waals surface area contributed by atoms with Crippen LogP contribution in [0.25, 0.3) is 0 Å². The summed E-state index contributed by atoms with van der Waals surface area (Å²) in [5.74, 6) is -2.99. The predicted molar refractivity (Wildman–Crippen MR) is 85.8 cm³/mol. The van der Waals surface area contributed by atoms with Crippen LogP contribution in [0.1, 0.15) is 30.1 Å². The van der Waals surface area contributed by atoms with Crippen molar-refractivity contribution in [2.45, 2.75) is 31.8 Å². The summed E-state index contributed by atoms with van der Waals surface area (Å²) in [4.78, 5) is 46.8. The first-order chi connectivity index (χ1) is 11.4. The van der Waals surface area contributed by atoms with E-state index < -0.39 is 29.7 Å². The molecule has 4 N–H and O–H groups in total. The maximum Gasteiger partial charge on any atom is 0.327 e. The van der Waals surface area contributed by atoms with E-state index in [1.807, 2.05) is 5.43 Å². The number of nitrogens with one attached hydrogen (secondary N) is 4. The van der Waals surface area contributed by atoms with Gasteiger partial charge in [-0.05, 0) is 31.9 Å². The molecule has 0 aromatic heterocycles. The van der Waals surface area contributed by atoms with Crippen molar-refractivity contribution in [3.63, 3.8) is 0 Å². The Morgan fingerprint density at radius 2 is 1.75 bits per heavy atom. The third-order valence-electron chi connectivity index (χ3n) is 3.28. The van der Waals surface area contributed by atoms with Crippen molar-refractivity contribution in [2.75, 3.05) is 0 Å². The van der Waals surface area contributed by atoms with Crippen molar-refractivity contribution in [1.29, 1.82) is 0 Å². The van der Waals surface area contributed by atoms with Gasteiger partial charge in [-0.25, -0.2) is 0 Å². The zero-order valence-corrected chi connectivity index (χ0v) is 13.6. The van der Waals surface area contributed by atoms with Crippen LogP contribution < -0.4 is 21.5 Å². The van der Waals surface area contributed by atoms with Crippen LogP contribution >= 0.6 is 11.6 Å². The van der Waals surface area contributed by atoms with Crippen LogP contribution in [0.15, 0.2) is 24.3 Å². The van der Waals surface area contributed by atoms with Gasteiger partial charge >= 0.3 is 11.8 Å². The number of carbonyl (C=O) groups excluding carboxylic acids is 4. The maximum atomic E-state index is 12.0. The monoisotopic (exact) mass is 352 g/mol. The minimum atomic E-state index is -0.972. The van der Waals surface area contributed by atoms with E-state index in [0.717, 1.165) is 12.8 Å². The topological polar surface area (TPSA) is 116 Å². The van der Waals surface area contributed by atoms with E-state index in [9.17, 15) is 19.2 Å². The lowest BCUT2D eigenvalue weighted by Gasteiger charge is -2.15. The van der Waals surface area contributed by atoms with Crippen molar-refractivity contribution in [3.8, 4) is 0 Å². The number of amides is 4. The summed E-state index contributed by atoms with van der Waals surface area (Å²) in [5.41, 5.74) is 4.30. The SMILES string of the molecule is C[C@H](NC(=O)c1ccccc1Cl)C(=O)NNC(=O)C(=O)NC1CC1. The average molecular weight is 353 g/mol. The Morgan fingerprint density at radius 3 is 2.38 bits per heavy atom. The second kappa shape index (κ2) is 7.78. The van der Waals surface area contributed by atoms with Crippen LogP contribution in [0.5, 0.6) is 0 Å². The Hall–Kier alpha value is -2.61. The fourth-order valence-corrected chi connectivity index (χ4v) is 1.97. The summed E-state index contributed by atoms with van der Waals surface area (Å²) in [6.45, 7) is 1.43. The Bertz CT molecular complexity index is 675. The van der Waals surface area contributed by atoms with E-state index in [-0.39, 0.29) is 16.6 Å². The van der Waals surface area contributed by atoms with E-state index in [1.54, 1.807) is 18.2 Å². The van der Waals surface area contributed by atoms with Gasteiger partial charge in [-0.2, -0.15) is 0 Å². The normalized spacial score (nSPS) is 14.2. The highest BCUT2D eigenvalue weighted by molar-refractivity contribution is 6.35. The first-order valence-corrected chi connectivity index (χ1v) is 7.72. The van der Waals surface area contributed by atoms with Crippen molar-refractivity contribution >= 4 is 35.2 Å². The standard InChI is InChI=1S/C15H17ClN4O4/c1-8(17-13(22)10-4-2-3-5-11(10)16)12(21)19-20-15(24)14(23)18-9-6-7-9/h2-5,8-9H,6-7H2,1H3,(H,17,22)(H,18,23)(H,19,21)(H,20,24)/t8-/m0/s1. The lowest BCUT2D eigenvalue weighted by atomic mass is 10.2. The number of carbonyl (C=O) groups is 4. The molecule has 2 rings (SSSR count). The number of hydrogen-bond acceptors (Lipinski definition) is 4. The molecule has 1 fully saturated rings. The molecule has 0 unspecified atom stereocenters. The molecule has 9 heteroatoms. The van der Waals surface area contributed by atoms with E-state index in [4.69, 9.17) is 11.6 Å². The molecular weight excluding hydrogens is 336 g/mol. The average Bonchev–Trinajstić information content (AvgIpc) is 3.36. The molecule has 0 spiro atoms. The van der Waals surface area contributed by atoms with Crippen LogP contribution in [0.3, 0.4) is 0 Å². The maximum absolute atomic E-state index is 12.0. The van der Waals surface area contributed by atoms with Crippen molar-refractivity contribution in [2.24, 2.45) is 0 Å². The molecule has 8 nitrogen and oxygen atoms in total. The summed E-state index contributed by atoms with van der Waals surface area (Å²) >= 11 is 5.90. The van der Waals surface area contributed by atoms with E-state index in [1.165, 1.54) is 13.0 Å². The summed E-state index contributed by atoms with van der Waals surface area (Å²) in [5, 5.41) is 5.18. The summed E-state index contributed by atoms with van der Waals surface area (Å²) in [6, 6.07) is 5.49. The molecule has 1 aromatic carbocycles. The molecular formula is C15H17ClN4O4. The molecule has 1 aliphatic rings. The smallest absolute Gasteiger partial charge is 0.327 e. The Labute approximate surface area is 143 Å². The molecule has 0 radical (unpaired) electrons. The Kier molecular flexibility index (Phi) is 5.75. The van der Waals surface area contributed by atoms with Gasteiger partial charge in [0.05, 0.1) is 10.6 Å². The van der Waals surface area contributed by atoms with Crippen molar-refractivity contribution in [1.82, 2.24) is 21.5 Å². The fraction of sp³-hybridized carbons (Fsp3) is 0.333. The number of hydrogen-bond donors (Lipinski definition) is 4. The molecule has 0 heterocycles. The predicted octanol–water partition coefficient (Wildman–Crippen LogP) is -0.116. The first-order valence-electron chi connectivity index (χ1n) is 7.34. The van der Waals surface area contributed by atoms with E-state index in [2.05, 4.69) is 16.1 Å². The number of rotatable bonds is 4. The number of hydrazine groups is 1. The third kappa shape index (κ3) is 4.95. The van der Waals surface area contributed by atoms with Gasteiger partial charge in [-0.3, -0.25) is 30.0 Å². The number of benzene rings is 1. The first kappa shape index (κ1) is 17.7. The van der Waals surface area contributed by atoms with Crippen molar-refractivity contribution in [3.05, 3.63) is 34.9 Å². The van der Waals surface area contributed by atoms with E-state index >= 15 is 0 Å². The van der Waals surface area contributed by atoms with Crippen LogP contribution in [-0.2, 0) is 14.4 Å². The van der Waals surface area contributed by atoms with Gasteiger partial charge in [-0.15, -0.1) is 0 Å². The summed E-state index contributed by atoms with van der Waals surface area (Å²) < 4.78 is 0. The molecule has 0 saturated heterocycles. The van der Waals surface area contributed by atoms with Gasteiger partial charge in [0.15, 0.2) is 0 Å². The minimum Gasteiger partial charge on any atom is -0.345 e. The largest absolute Gasteiger partial charge is 0.345 e. The highest BCUT2D eigenvalue weighted by Gasteiger charge is 2.27. The molecule has 1 saturated carbocycles. The molecule has 0 aliphatic heterocycles. The Balaban J connectivity index is 1.79. The summed E-state index contributed by atoms with van der Waals surface area (Å²) in [7, 11) is 0. The number of halogens is 1. The van der Waals surface area contributed by atoms with Crippen LogP contribution in [0.4, 0.5) is 0 Å². The van der Waals surface area contributed by atoms with Crippen LogP contribution in [0, 0.1) is 0 Å². The fourth-order valence-electron chi connectivity index (χ4n) is 1.75. The van der Waals surface area contributed by atoms with Gasteiger partial charge in [0.25, 0.3) is 11.8 Å². The molecule has 4 amide bonds. The van der Waals surface area contributed by atoms with Gasteiger partial charge in [0.2, 0.25) is 0 Å². The molecule has 1 atom stereocenters. The van der Waals surface area contributed by atoms with Gasteiger partial charge in [0, 0.05) is 6.04 Å². The highest BCUT2D eigenvalue weighted by Crippen LogP contribution is 2.18. The zero-order valence-electron chi connectivity index (χ0n) is 12.9. The lowest BCUT2D eigenvalue weighted by molar-refractivity contribution is -0.141. The molecule has 128 valence electrons. The van der Waals surface area contributed by atoms with Crippen LogP contribution in [-0.4, -0.2) is 35.7 Å². The highest BCUT2D eigenvalue weighted by atomic mass is 35.5. The molecule has 1 aromatic rings. The molecule has 1 aliphatic carbocycles. The third-order valence-corrected chi connectivity index (χ3v) is 3.61. The second-order valence-corrected chi connectivity index (χ2v) is 5.77. The lowest BCUT2D eigenvalue weighted by Crippen LogP contribution is -2.54. The zero-order chi connectivity index (χ0) is 17.7. The van der Waals surface area contributed by atoms with Gasteiger partial charge in [-0.1, -0.05) is 23.7 Å². The molecule has 0 bridgehead atoms. The van der Waals surface area contributed by atoms with Crippen LogP contribution in [0.2, 0.25) is 5.02 Å². The quantitative estimate of drug-likeness (QED) is 0.446. The van der Waals surface area contributed by atoms with Crippen molar-refractivity contribution < 1.29 is 19.2 Å². The van der Waals surface area contributed by atoms with E-state index in [0.29, 0.717) is 0 Å². The second-order valence-electron chi connectivity index (χ2n) is 5.37. The Morgan fingerprint density at radius 1 is 1.08 bits per heavy atom. The van der Waals surface area contributed by atoms with Gasteiger partial charge in [0.1, 0.15) is 6.04 Å².